The molecule has 0 bridgehead atoms. The summed E-state index contributed by atoms with van der Waals surface area (Å²) in [7, 11) is 0. The third-order valence-corrected chi connectivity index (χ3v) is 8.49. The van der Waals surface area contributed by atoms with Crippen molar-refractivity contribution in [2.75, 3.05) is 65.4 Å². The Kier molecular flexibility index (Phi) is 9.83. The summed E-state index contributed by atoms with van der Waals surface area (Å²) in [4.78, 5) is 35.1. The molecule has 0 spiro atoms. The van der Waals surface area contributed by atoms with Gasteiger partial charge in [-0.2, -0.15) is 0 Å². The highest BCUT2D eigenvalue weighted by Crippen LogP contribution is 2.32. The van der Waals surface area contributed by atoms with Gasteiger partial charge < -0.3 is 9.80 Å². The highest BCUT2D eigenvalue weighted by molar-refractivity contribution is 14.1. The van der Waals surface area contributed by atoms with Crippen LogP contribution in [0.2, 0.25) is 0 Å². The van der Waals surface area contributed by atoms with Gasteiger partial charge in [0.25, 0.3) is 0 Å². The minimum Gasteiger partial charge on any atom is -0.340 e. The number of nitrogens with zero attached hydrogens (tertiary/aromatic N) is 4. The number of Topliss-reactive ketones (excluding diaryl/α,β-unsaturated/α-hetero) is 1. The zero-order valence-electron chi connectivity index (χ0n) is 20.8. The molecule has 0 aromatic heterocycles. The molecule has 0 N–H and O–H groups in total. The minimum atomic E-state index is 0.119. The molecule has 3 rings (SSSR count). The van der Waals surface area contributed by atoms with Crippen molar-refractivity contribution in [3.8, 4) is 0 Å². The number of carbonyl (C=O) groups is 2. The van der Waals surface area contributed by atoms with Crippen LogP contribution in [0.25, 0.3) is 0 Å². The molecule has 1 amide bonds. The van der Waals surface area contributed by atoms with E-state index >= 15 is 0 Å². The first-order valence-electron chi connectivity index (χ1n) is 12.9. The lowest BCUT2D eigenvalue weighted by Crippen LogP contribution is -2.53. The third kappa shape index (κ3) is 7.37. The first-order valence-corrected chi connectivity index (χ1v) is 13.9. The Morgan fingerprint density at radius 1 is 0.812 bits per heavy atom. The van der Waals surface area contributed by atoms with E-state index in [9.17, 15) is 9.59 Å². The van der Waals surface area contributed by atoms with E-state index in [1.807, 2.05) is 13.8 Å². The van der Waals surface area contributed by atoms with Crippen molar-refractivity contribution < 1.29 is 9.59 Å². The molecule has 2 heterocycles. The lowest BCUT2D eigenvalue weighted by molar-refractivity contribution is -0.140. The maximum Gasteiger partial charge on any atom is 0.225 e. The summed E-state index contributed by atoms with van der Waals surface area (Å²) in [5.74, 6) is 1.18. The van der Waals surface area contributed by atoms with Gasteiger partial charge in [0.15, 0.2) is 0 Å². The van der Waals surface area contributed by atoms with Gasteiger partial charge in [-0.1, -0.05) is 36.4 Å². The van der Waals surface area contributed by atoms with Crippen LogP contribution in [0.1, 0.15) is 59.8 Å². The maximum atomic E-state index is 13.0. The predicted molar refractivity (Wildman–Crippen MR) is 139 cm³/mol. The normalized spacial score (nSPS) is 27.1. The predicted octanol–water partition coefficient (Wildman–Crippen LogP) is 3.34. The van der Waals surface area contributed by atoms with Gasteiger partial charge in [-0.05, 0) is 59.0 Å². The first kappa shape index (κ1) is 26.4. The fourth-order valence-corrected chi connectivity index (χ4v) is 6.05. The topological polar surface area (TPSA) is 47.1 Å². The van der Waals surface area contributed by atoms with Gasteiger partial charge in [-0.3, -0.25) is 19.4 Å². The summed E-state index contributed by atoms with van der Waals surface area (Å²) in [5, 5.41) is 0. The monoisotopic (exact) mass is 560 g/mol. The van der Waals surface area contributed by atoms with Gasteiger partial charge in [-0.15, -0.1) is 0 Å². The van der Waals surface area contributed by atoms with E-state index in [0.717, 1.165) is 58.4 Å². The zero-order chi connectivity index (χ0) is 23.3. The van der Waals surface area contributed by atoms with Crippen LogP contribution in [0.5, 0.6) is 0 Å². The molecule has 184 valence electrons. The molecule has 1 saturated carbocycles. The van der Waals surface area contributed by atoms with Gasteiger partial charge in [0.05, 0.1) is 3.55 Å². The minimum absolute atomic E-state index is 0.119. The van der Waals surface area contributed by atoms with E-state index < -0.39 is 0 Å². The SMILES string of the molecule is CC(C)C(=O)C1CCC(C(=O)N2CCN(CCCN3CCN(C(C)(C)I)CC3)CC2)CC1. The molecule has 0 radical (unpaired) electrons. The second-order valence-corrected chi connectivity index (χ2v) is 13.5. The van der Waals surface area contributed by atoms with Gasteiger partial charge in [-0.25, -0.2) is 0 Å². The van der Waals surface area contributed by atoms with Crippen LogP contribution in [0.4, 0.5) is 0 Å². The Hall–Kier alpha value is -0.250. The molecule has 2 aliphatic heterocycles. The highest BCUT2D eigenvalue weighted by atomic mass is 127. The molecule has 0 aromatic carbocycles. The van der Waals surface area contributed by atoms with Crippen molar-refractivity contribution in [2.45, 2.75) is 63.3 Å². The van der Waals surface area contributed by atoms with Crippen LogP contribution < -0.4 is 0 Å². The quantitative estimate of drug-likeness (QED) is 0.259. The summed E-state index contributed by atoms with van der Waals surface area (Å²) >= 11 is 2.55. The molecule has 1 aliphatic carbocycles. The fourth-order valence-electron chi connectivity index (χ4n) is 5.57. The highest BCUT2D eigenvalue weighted by Gasteiger charge is 2.33. The number of halogens is 1. The zero-order valence-corrected chi connectivity index (χ0v) is 23.0. The molecule has 2 saturated heterocycles. The van der Waals surface area contributed by atoms with Gasteiger partial charge in [0.2, 0.25) is 5.91 Å². The average Bonchev–Trinajstić information content (AvgIpc) is 2.78. The van der Waals surface area contributed by atoms with Crippen molar-refractivity contribution in [1.82, 2.24) is 19.6 Å². The number of amides is 1. The average molecular weight is 561 g/mol. The van der Waals surface area contributed by atoms with E-state index in [1.54, 1.807) is 0 Å². The van der Waals surface area contributed by atoms with Crippen LogP contribution >= 0.6 is 22.6 Å². The van der Waals surface area contributed by atoms with E-state index in [-0.39, 0.29) is 21.3 Å². The number of alkyl halides is 1. The third-order valence-electron chi connectivity index (χ3n) is 7.80. The Morgan fingerprint density at radius 2 is 1.28 bits per heavy atom. The van der Waals surface area contributed by atoms with Crippen LogP contribution in [-0.4, -0.2) is 100 Å². The molecular formula is C25H45IN4O2. The summed E-state index contributed by atoms with van der Waals surface area (Å²) < 4.78 is 0.256. The first-order chi connectivity index (χ1) is 15.1. The summed E-state index contributed by atoms with van der Waals surface area (Å²) in [6, 6.07) is 0. The second kappa shape index (κ2) is 11.9. The number of hydrogen-bond donors (Lipinski definition) is 0. The Morgan fingerprint density at radius 3 is 1.75 bits per heavy atom. The van der Waals surface area contributed by atoms with Crippen molar-refractivity contribution in [2.24, 2.45) is 17.8 Å². The fraction of sp³-hybridized carbons (Fsp3) is 0.920. The summed E-state index contributed by atoms with van der Waals surface area (Å²) in [5.41, 5.74) is 0. The lowest BCUT2D eigenvalue weighted by atomic mass is 9.77. The molecule has 0 unspecified atom stereocenters. The second-order valence-electron chi connectivity index (χ2n) is 10.9. The molecule has 32 heavy (non-hydrogen) atoms. The van der Waals surface area contributed by atoms with Crippen molar-refractivity contribution in [3.05, 3.63) is 0 Å². The van der Waals surface area contributed by atoms with E-state index in [1.165, 1.54) is 39.1 Å². The Bertz CT molecular complexity index is 612. The molecular weight excluding hydrogens is 515 g/mol. The van der Waals surface area contributed by atoms with E-state index in [0.29, 0.717) is 11.7 Å². The van der Waals surface area contributed by atoms with Gasteiger partial charge >= 0.3 is 0 Å². The van der Waals surface area contributed by atoms with Crippen molar-refractivity contribution in [3.63, 3.8) is 0 Å². The molecule has 6 nitrogen and oxygen atoms in total. The molecule has 0 aromatic rings. The largest absolute Gasteiger partial charge is 0.340 e. The maximum absolute atomic E-state index is 13.0. The van der Waals surface area contributed by atoms with E-state index in [4.69, 9.17) is 0 Å². The van der Waals surface area contributed by atoms with Crippen molar-refractivity contribution >= 4 is 34.3 Å². The van der Waals surface area contributed by atoms with Gasteiger partial charge in [0, 0.05) is 70.1 Å². The van der Waals surface area contributed by atoms with Crippen LogP contribution in [0.3, 0.4) is 0 Å². The molecule has 3 aliphatic rings. The number of piperazine rings is 2. The van der Waals surface area contributed by atoms with E-state index in [2.05, 4.69) is 56.0 Å². The number of ketones is 1. The number of carbonyl (C=O) groups excluding carboxylic acids is 2. The Labute approximate surface area is 209 Å². The standard InChI is InChI=1S/C25H45IN4O2/c1-20(2)23(31)21-6-8-22(9-7-21)24(32)29-16-12-27(13-17-29)10-5-11-28-14-18-30(19-15-28)25(3,4)26/h20-22H,5-19H2,1-4H3. The van der Waals surface area contributed by atoms with Gasteiger partial charge in [0.1, 0.15) is 5.78 Å². The Balaban J connectivity index is 1.29. The van der Waals surface area contributed by atoms with Crippen LogP contribution in [0.15, 0.2) is 0 Å². The number of hydrogen-bond acceptors (Lipinski definition) is 5. The smallest absolute Gasteiger partial charge is 0.225 e. The molecule has 3 fully saturated rings. The molecule has 0 atom stereocenters. The van der Waals surface area contributed by atoms with Crippen molar-refractivity contribution in [1.29, 1.82) is 0 Å². The summed E-state index contributed by atoms with van der Waals surface area (Å²) in [6.07, 6.45) is 4.80. The molecule has 7 heteroatoms. The summed E-state index contributed by atoms with van der Waals surface area (Å²) in [6.45, 7) is 19.4. The van der Waals surface area contributed by atoms with Crippen LogP contribution in [-0.2, 0) is 9.59 Å². The van der Waals surface area contributed by atoms with Crippen LogP contribution in [0, 0.1) is 17.8 Å². The number of rotatable bonds is 8. The lowest BCUT2D eigenvalue weighted by Gasteiger charge is -2.41.